The first-order valence-electron chi connectivity index (χ1n) is 8.13. The van der Waals surface area contributed by atoms with E-state index in [4.69, 9.17) is 0 Å². The van der Waals surface area contributed by atoms with Crippen LogP contribution in [0.1, 0.15) is 45.2 Å². The van der Waals surface area contributed by atoms with Crippen molar-refractivity contribution >= 4 is 5.91 Å². The van der Waals surface area contributed by atoms with Gasteiger partial charge in [0.2, 0.25) is 5.91 Å². The standard InChI is InChI=1S/C17H27N3O/c1-3-14(2)17(21)20(13-15-7-4-5-11-19-15)16-8-6-10-18-12-9-16/h4-5,7,11,14,16,18H,3,6,8-10,12-13H2,1-2H3. The number of carbonyl (C=O) groups is 1. The number of aromatic nitrogens is 1. The maximum absolute atomic E-state index is 12.8. The molecule has 116 valence electrons. The molecule has 0 bridgehead atoms. The molecule has 4 heteroatoms. The first-order chi connectivity index (χ1) is 10.2. The van der Waals surface area contributed by atoms with E-state index < -0.39 is 0 Å². The molecule has 21 heavy (non-hydrogen) atoms. The SMILES string of the molecule is CCC(C)C(=O)N(Cc1ccccn1)C1CCCNCC1. The molecule has 2 heterocycles. The van der Waals surface area contributed by atoms with Gasteiger partial charge in [-0.1, -0.05) is 19.9 Å². The molecule has 1 fully saturated rings. The fourth-order valence-electron chi connectivity index (χ4n) is 2.82. The minimum atomic E-state index is 0.0879. The Bertz CT molecular complexity index is 427. The van der Waals surface area contributed by atoms with Gasteiger partial charge in [0.15, 0.2) is 0 Å². The summed E-state index contributed by atoms with van der Waals surface area (Å²) in [5.41, 5.74) is 0.978. The van der Waals surface area contributed by atoms with Crippen molar-refractivity contribution in [3.05, 3.63) is 30.1 Å². The highest BCUT2D eigenvalue weighted by Crippen LogP contribution is 2.20. The number of nitrogens with zero attached hydrogens (tertiary/aromatic N) is 2. The number of rotatable bonds is 5. The highest BCUT2D eigenvalue weighted by molar-refractivity contribution is 5.78. The highest BCUT2D eigenvalue weighted by Gasteiger charge is 2.27. The van der Waals surface area contributed by atoms with Gasteiger partial charge in [-0.2, -0.15) is 0 Å². The molecule has 1 N–H and O–H groups in total. The minimum absolute atomic E-state index is 0.0879. The van der Waals surface area contributed by atoms with E-state index in [-0.39, 0.29) is 11.8 Å². The fraction of sp³-hybridized carbons (Fsp3) is 0.647. The number of hydrogen-bond acceptors (Lipinski definition) is 3. The summed E-state index contributed by atoms with van der Waals surface area (Å²) in [7, 11) is 0. The molecular weight excluding hydrogens is 262 g/mol. The van der Waals surface area contributed by atoms with Crippen molar-refractivity contribution in [1.82, 2.24) is 15.2 Å². The molecule has 2 unspecified atom stereocenters. The van der Waals surface area contributed by atoms with E-state index in [1.807, 2.05) is 25.1 Å². The summed E-state index contributed by atoms with van der Waals surface area (Å²) in [5.74, 6) is 0.361. The van der Waals surface area contributed by atoms with E-state index in [1.54, 1.807) is 6.20 Å². The number of hydrogen-bond donors (Lipinski definition) is 1. The molecule has 1 aliphatic heterocycles. The topological polar surface area (TPSA) is 45.2 Å². The van der Waals surface area contributed by atoms with E-state index in [9.17, 15) is 4.79 Å². The average molecular weight is 289 g/mol. The molecule has 0 aliphatic carbocycles. The maximum atomic E-state index is 12.8. The Labute approximate surface area is 127 Å². The van der Waals surface area contributed by atoms with Crippen LogP contribution in [0.3, 0.4) is 0 Å². The molecule has 2 atom stereocenters. The van der Waals surface area contributed by atoms with Gasteiger partial charge in [0, 0.05) is 18.2 Å². The largest absolute Gasteiger partial charge is 0.334 e. The second-order valence-corrected chi connectivity index (χ2v) is 5.93. The molecular formula is C17H27N3O. The van der Waals surface area contributed by atoms with Crippen LogP contribution in [0.15, 0.2) is 24.4 Å². The lowest BCUT2D eigenvalue weighted by Crippen LogP contribution is -2.43. The second-order valence-electron chi connectivity index (χ2n) is 5.93. The summed E-state index contributed by atoms with van der Waals surface area (Å²) < 4.78 is 0. The Morgan fingerprint density at radius 2 is 2.29 bits per heavy atom. The van der Waals surface area contributed by atoms with Crippen molar-refractivity contribution in [3.8, 4) is 0 Å². The van der Waals surface area contributed by atoms with Gasteiger partial charge < -0.3 is 10.2 Å². The third-order valence-electron chi connectivity index (χ3n) is 4.36. The number of carbonyl (C=O) groups excluding carboxylic acids is 1. The summed E-state index contributed by atoms with van der Waals surface area (Å²) >= 11 is 0. The summed E-state index contributed by atoms with van der Waals surface area (Å²) in [6.45, 7) is 6.80. The lowest BCUT2D eigenvalue weighted by molar-refractivity contribution is -0.138. The van der Waals surface area contributed by atoms with Crippen molar-refractivity contribution in [2.45, 2.75) is 52.1 Å². The van der Waals surface area contributed by atoms with Crippen molar-refractivity contribution in [2.75, 3.05) is 13.1 Å². The Kier molecular flexibility index (Phi) is 6.18. The molecule has 0 spiro atoms. The molecule has 1 aromatic rings. The van der Waals surface area contributed by atoms with Gasteiger partial charge >= 0.3 is 0 Å². The van der Waals surface area contributed by atoms with E-state index in [0.717, 1.165) is 44.5 Å². The monoisotopic (exact) mass is 289 g/mol. The average Bonchev–Trinajstić information content (AvgIpc) is 2.81. The van der Waals surface area contributed by atoms with Crippen LogP contribution in [0.4, 0.5) is 0 Å². The Morgan fingerprint density at radius 3 is 3.00 bits per heavy atom. The zero-order valence-electron chi connectivity index (χ0n) is 13.2. The minimum Gasteiger partial charge on any atom is -0.334 e. The predicted molar refractivity (Wildman–Crippen MR) is 84.8 cm³/mol. The van der Waals surface area contributed by atoms with Crippen molar-refractivity contribution in [3.63, 3.8) is 0 Å². The summed E-state index contributed by atoms with van der Waals surface area (Å²) in [4.78, 5) is 19.2. The number of pyridine rings is 1. The van der Waals surface area contributed by atoms with Crippen molar-refractivity contribution < 1.29 is 4.79 Å². The summed E-state index contributed by atoms with van der Waals surface area (Å²) in [5, 5.41) is 3.42. The van der Waals surface area contributed by atoms with Gasteiger partial charge in [-0.05, 0) is 50.9 Å². The molecule has 1 aromatic heterocycles. The van der Waals surface area contributed by atoms with Crippen LogP contribution in [0.2, 0.25) is 0 Å². The van der Waals surface area contributed by atoms with Gasteiger partial charge in [0.25, 0.3) is 0 Å². The molecule has 0 radical (unpaired) electrons. The molecule has 0 saturated carbocycles. The number of nitrogens with one attached hydrogen (secondary N) is 1. The first-order valence-corrected chi connectivity index (χ1v) is 8.13. The van der Waals surface area contributed by atoms with Crippen molar-refractivity contribution in [1.29, 1.82) is 0 Å². The van der Waals surface area contributed by atoms with E-state index in [0.29, 0.717) is 12.6 Å². The van der Waals surface area contributed by atoms with Gasteiger partial charge in [-0.15, -0.1) is 0 Å². The quantitative estimate of drug-likeness (QED) is 0.906. The third-order valence-corrected chi connectivity index (χ3v) is 4.36. The van der Waals surface area contributed by atoms with Crippen LogP contribution in [-0.2, 0) is 11.3 Å². The maximum Gasteiger partial charge on any atom is 0.225 e. The van der Waals surface area contributed by atoms with Crippen LogP contribution in [-0.4, -0.2) is 34.9 Å². The van der Waals surface area contributed by atoms with E-state index in [2.05, 4.69) is 22.1 Å². The van der Waals surface area contributed by atoms with Crippen LogP contribution >= 0.6 is 0 Å². The highest BCUT2D eigenvalue weighted by atomic mass is 16.2. The normalized spacial score (nSPS) is 20.6. The predicted octanol–water partition coefficient (Wildman–Crippen LogP) is 2.60. The van der Waals surface area contributed by atoms with Gasteiger partial charge in [0.1, 0.15) is 0 Å². The molecule has 1 saturated heterocycles. The van der Waals surface area contributed by atoms with E-state index >= 15 is 0 Å². The third kappa shape index (κ3) is 4.53. The second kappa shape index (κ2) is 8.13. The zero-order valence-corrected chi connectivity index (χ0v) is 13.2. The first kappa shape index (κ1) is 16.0. The molecule has 1 aliphatic rings. The van der Waals surface area contributed by atoms with Crippen LogP contribution in [0, 0.1) is 5.92 Å². The van der Waals surface area contributed by atoms with Gasteiger partial charge in [-0.25, -0.2) is 0 Å². The lowest BCUT2D eigenvalue weighted by Gasteiger charge is -2.33. The van der Waals surface area contributed by atoms with Crippen LogP contribution in [0.25, 0.3) is 0 Å². The number of amides is 1. The Morgan fingerprint density at radius 1 is 1.43 bits per heavy atom. The Hall–Kier alpha value is -1.42. The van der Waals surface area contributed by atoms with Gasteiger partial charge in [-0.3, -0.25) is 9.78 Å². The summed E-state index contributed by atoms with van der Waals surface area (Å²) in [6, 6.07) is 6.25. The van der Waals surface area contributed by atoms with Crippen molar-refractivity contribution in [2.24, 2.45) is 5.92 Å². The molecule has 0 aromatic carbocycles. The summed E-state index contributed by atoms with van der Waals surface area (Å²) in [6.07, 6.45) is 5.95. The molecule has 1 amide bonds. The fourth-order valence-corrected chi connectivity index (χ4v) is 2.82. The van der Waals surface area contributed by atoms with Gasteiger partial charge in [0.05, 0.1) is 12.2 Å². The zero-order chi connectivity index (χ0) is 15.1. The molecule has 4 nitrogen and oxygen atoms in total. The van der Waals surface area contributed by atoms with Crippen LogP contribution < -0.4 is 5.32 Å². The Balaban J connectivity index is 2.14. The smallest absolute Gasteiger partial charge is 0.225 e. The lowest BCUT2D eigenvalue weighted by atomic mass is 10.0. The van der Waals surface area contributed by atoms with Crippen LogP contribution in [0.5, 0.6) is 0 Å². The van der Waals surface area contributed by atoms with E-state index in [1.165, 1.54) is 0 Å². The molecule has 2 rings (SSSR count).